The number of ether oxygens (including phenoxy) is 1. The van der Waals surface area contributed by atoms with E-state index >= 15 is 0 Å². The molecule has 7 nitrogen and oxygen atoms in total. The molecule has 1 saturated heterocycles. The second kappa shape index (κ2) is 5.90. The number of carbonyl (C=O) groups is 1. The van der Waals surface area contributed by atoms with Gasteiger partial charge in [0.2, 0.25) is 10.0 Å². The standard InChI is InChI=1S/C13H18N2O5S/c1-20-13(17)9-4-6-15(7-5-9)21(18,19)10-2-3-12(16)11(14)8-10/h2-3,8-9,16H,4-7,14H2,1H3. The Morgan fingerprint density at radius 2 is 2.00 bits per heavy atom. The van der Waals surface area contributed by atoms with E-state index in [2.05, 4.69) is 4.74 Å². The van der Waals surface area contributed by atoms with Crippen LogP contribution in [-0.2, 0) is 19.6 Å². The van der Waals surface area contributed by atoms with Gasteiger partial charge in [0.25, 0.3) is 0 Å². The lowest BCUT2D eigenvalue weighted by molar-refractivity contribution is -0.146. The second-order valence-electron chi connectivity index (χ2n) is 4.92. The predicted molar refractivity (Wildman–Crippen MR) is 76.0 cm³/mol. The van der Waals surface area contributed by atoms with Crippen LogP contribution < -0.4 is 5.73 Å². The predicted octanol–water partition coefficient (Wildman–Crippen LogP) is 0.548. The van der Waals surface area contributed by atoms with Crippen LogP contribution in [-0.4, -0.2) is 44.0 Å². The lowest BCUT2D eigenvalue weighted by Crippen LogP contribution is -2.40. The molecule has 1 aromatic rings. The van der Waals surface area contributed by atoms with E-state index < -0.39 is 10.0 Å². The van der Waals surface area contributed by atoms with Crippen molar-refractivity contribution in [1.29, 1.82) is 0 Å². The molecule has 0 radical (unpaired) electrons. The van der Waals surface area contributed by atoms with Gasteiger partial charge in [0.1, 0.15) is 5.75 Å². The maximum absolute atomic E-state index is 12.5. The number of nitrogens with zero attached hydrogens (tertiary/aromatic N) is 1. The van der Waals surface area contributed by atoms with Crippen molar-refractivity contribution in [2.45, 2.75) is 17.7 Å². The quantitative estimate of drug-likeness (QED) is 0.479. The Hall–Kier alpha value is -1.80. The van der Waals surface area contributed by atoms with Crippen molar-refractivity contribution in [3.05, 3.63) is 18.2 Å². The van der Waals surface area contributed by atoms with Gasteiger partial charge >= 0.3 is 5.97 Å². The summed E-state index contributed by atoms with van der Waals surface area (Å²) < 4.78 is 30.9. The Labute approximate surface area is 123 Å². The van der Waals surface area contributed by atoms with Crippen LogP contribution in [0.3, 0.4) is 0 Å². The van der Waals surface area contributed by atoms with E-state index in [1.54, 1.807) is 0 Å². The molecule has 0 saturated carbocycles. The number of carbonyl (C=O) groups excluding carboxylic acids is 1. The van der Waals surface area contributed by atoms with Crippen LogP contribution >= 0.6 is 0 Å². The summed E-state index contributed by atoms with van der Waals surface area (Å²) in [5, 5.41) is 9.36. The molecule has 116 valence electrons. The largest absolute Gasteiger partial charge is 0.506 e. The fourth-order valence-electron chi connectivity index (χ4n) is 2.34. The third-order valence-corrected chi connectivity index (χ3v) is 5.52. The van der Waals surface area contributed by atoms with Gasteiger partial charge in [0.05, 0.1) is 23.6 Å². The number of sulfonamides is 1. The highest BCUT2D eigenvalue weighted by molar-refractivity contribution is 7.89. The number of anilines is 1. The van der Waals surface area contributed by atoms with E-state index in [1.807, 2.05) is 0 Å². The summed E-state index contributed by atoms with van der Waals surface area (Å²) in [5.41, 5.74) is 5.55. The fraction of sp³-hybridized carbons (Fsp3) is 0.462. The summed E-state index contributed by atoms with van der Waals surface area (Å²) in [4.78, 5) is 11.5. The maximum Gasteiger partial charge on any atom is 0.308 e. The fourth-order valence-corrected chi connectivity index (χ4v) is 3.85. The number of hydrogen-bond acceptors (Lipinski definition) is 6. The Bertz CT molecular complexity index is 636. The number of aromatic hydroxyl groups is 1. The molecule has 21 heavy (non-hydrogen) atoms. The molecule has 0 spiro atoms. The highest BCUT2D eigenvalue weighted by Crippen LogP contribution is 2.28. The topological polar surface area (TPSA) is 110 Å². The lowest BCUT2D eigenvalue weighted by atomic mass is 9.99. The first-order chi connectivity index (χ1) is 9.86. The van der Waals surface area contributed by atoms with Gasteiger partial charge in [-0.3, -0.25) is 4.79 Å². The summed E-state index contributed by atoms with van der Waals surface area (Å²) >= 11 is 0. The van der Waals surface area contributed by atoms with Crippen molar-refractivity contribution in [3.8, 4) is 5.75 Å². The molecule has 0 aromatic heterocycles. The Balaban J connectivity index is 2.14. The van der Waals surface area contributed by atoms with Gasteiger partial charge in [-0.2, -0.15) is 4.31 Å². The first-order valence-electron chi connectivity index (χ1n) is 6.52. The molecule has 1 aliphatic rings. The van der Waals surface area contributed by atoms with Crippen molar-refractivity contribution < 1.29 is 23.1 Å². The van der Waals surface area contributed by atoms with Crippen molar-refractivity contribution in [1.82, 2.24) is 4.31 Å². The minimum absolute atomic E-state index is 0.0144. The first-order valence-corrected chi connectivity index (χ1v) is 7.96. The van der Waals surface area contributed by atoms with E-state index in [0.29, 0.717) is 12.8 Å². The average Bonchev–Trinajstić information content (AvgIpc) is 2.49. The Morgan fingerprint density at radius 3 is 2.52 bits per heavy atom. The number of piperidine rings is 1. The van der Waals surface area contributed by atoms with Crippen molar-refractivity contribution in [3.63, 3.8) is 0 Å². The van der Waals surface area contributed by atoms with Gasteiger partial charge in [0, 0.05) is 13.1 Å². The molecule has 0 unspecified atom stereocenters. The third-order valence-electron chi connectivity index (χ3n) is 3.63. The van der Waals surface area contributed by atoms with Gasteiger partial charge in [-0.25, -0.2) is 8.42 Å². The van der Waals surface area contributed by atoms with Crippen molar-refractivity contribution in [2.24, 2.45) is 5.92 Å². The van der Waals surface area contributed by atoms with Gasteiger partial charge in [-0.15, -0.1) is 0 Å². The summed E-state index contributed by atoms with van der Waals surface area (Å²) in [5.74, 6) is -0.717. The monoisotopic (exact) mass is 314 g/mol. The van der Waals surface area contributed by atoms with Gasteiger partial charge in [0.15, 0.2) is 0 Å². The van der Waals surface area contributed by atoms with Crippen LogP contribution in [0.25, 0.3) is 0 Å². The molecule has 1 aromatic carbocycles. The second-order valence-corrected chi connectivity index (χ2v) is 6.86. The zero-order valence-electron chi connectivity index (χ0n) is 11.7. The SMILES string of the molecule is COC(=O)C1CCN(S(=O)(=O)c2ccc(O)c(N)c2)CC1. The minimum Gasteiger partial charge on any atom is -0.506 e. The van der Waals surface area contributed by atoms with Crippen molar-refractivity contribution >= 4 is 21.7 Å². The molecule has 0 aliphatic carbocycles. The Kier molecular flexibility index (Phi) is 4.38. The molecule has 1 heterocycles. The smallest absolute Gasteiger partial charge is 0.308 e. The number of phenolic OH excluding ortho intramolecular Hbond substituents is 1. The van der Waals surface area contributed by atoms with Crippen LogP contribution in [0.1, 0.15) is 12.8 Å². The molecule has 2 rings (SSSR count). The zero-order valence-corrected chi connectivity index (χ0v) is 12.5. The molecular weight excluding hydrogens is 296 g/mol. The number of hydrogen-bond donors (Lipinski definition) is 2. The van der Waals surface area contributed by atoms with Crippen LogP contribution in [0.15, 0.2) is 23.1 Å². The van der Waals surface area contributed by atoms with Crippen molar-refractivity contribution in [2.75, 3.05) is 25.9 Å². The number of rotatable bonds is 3. The first kappa shape index (κ1) is 15.6. The third kappa shape index (κ3) is 3.11. The summed E-state index contributed by atoms with van der Waals surface area (Å²) in [6.07, 6.45) is 0.860. The van der Waals surface area contributed by atoms with E-state index in [1.165, 1.54) is 29.6 Å². The van der Waals surface area contributed by atoms with Gasteiger partial charge in [-0.1, -0.05) is 0 Å². The number of nitrogen functional groups attached to an aromatic ring is 1. The summed E-state index contributed by atoms with van der Waals surface area (Å²) in [6, 6.07) is 3.80. The molecule has 0 bridgehead atoms. The van der Waals surface area contributed by atoms with E-state index in [9.17, 15) is 18.3 Å². The Morgan fingerprint density at radius 1 is 1.38 bits per heavy atom. The number of esters is 1. The molecular formula is C13H18N2O5S. The molecule has 8 heteroatoms. The van der Waals surface area contributed by atoms with Crippen LogP contribution in [0.5, 0.6) is 5.75 Å². The van der Waals surface area contributed by atoms with Crippen LogP contribution in [0.4, 0.5) is 5.69 Å². The highest BCUT2D eigenvalue weighted by atomic mass is 32.2. The van der Waals surface area contributed by atoms with E-state index in [-0.39, 0.29) is 41.3 Å². The van der Waals surface area contributed by atoms with E-state index in [0.717, 1.165) is 0 Å². The van der Waals surface area contributed by atoms with E-state index in [4.69, 9.17) is 5.73 Å². The van der Waals surface area contributed by atoms with Crippen LogP contribution in [0, 0.1) is 5.92 Å². The maximum atomic E-state index is 12.5. The number of benzene rings is 1. The number of phenols is 1. The molecule has 0 atom stereocenters. The van der Waals surface area contributed by atoms with Gasteiger partial charge in [-0.05, 0) is 31.0 Å². The molecule has 1 fully saturated rings. The highest BCUT2D eigenvalue weighted by Gasteiger charge is 2.32. The normalized spacial score (nSPS) is 17.6. The van der Waals surface area contributed by atoms with Crippen LogP contribution in [0.2, 0.25) is 0 Å². The molecule has 1 aliphatic heterocycles. The number of methoxy groups -OCH3 is 1. The lowest BCUT2D eigenvalue weighted by Gasteiger charge is -2.29. The average molecular weight is 314 g/mol. The van der Waals surface area contributed by atoms with Gasteiger partial charge < -0.3 is 15.6 Å². The molecule has 3 N–H and O–H groups in total. The summed E-state index contributed by atoms with van der Waals surface area (Å²) in [7, 11) is -2.34. The number of nitrogens with two attached hydrogens (primary N) is 1. The zero-order chi connectivity index (χ0) is 15.6. The summed E-state index contributed by atoms with van der Waals surface area (Å²) in [6.45, 7) is 0.506. The minimum atomic E-state index is -3.67. The molecule has 0 amide bonds.